The molecule has 3 aromatic carbocycles. The van der Waals surface area contributed by atoms with Gasteiger partial charge in [-0.2, -0.15) is 0 Å². The Morgan fingerprint density at radius 1 is 0.762 bits per heavy atom. The van der Waals surface area contributed by atoms with Crippen molar-refractivity contribution in [1.29, 1.82) is 0 Å². The maximum absolute atomic E-state index is 9.30. The Kier molecular flexibility index (Phi) is 2.83. The standard InChI is InChI=1S/C19H15NO/c21-10-9-13-12-19-17(16-7-3-2-6-15(13)16)11-14-5-1-4-8-18(14)20-19/h1-8,11-12,21H,9-10H2. The normalized spacial score (nSPS) is 11.5. The Hall–Kier alpha value is -2.45. The second kappa shape index (κ2) is 4.83. The lowest BCUT2D eigenvalue weighted by Gasteiger charge is -2.10. The Balaban J connectivity index is 2.18. The van der Waals surface area contributed by atoms with Crippen LogP contribution in [0, 0.1) is 0 Å². The molecular weight excluding hydrogens is 258 g/mol. The van der Waals surface area contributed by atoms with Gasteiger partial charge >= 0.3 is 0 Å². The number of aromatic nitrogens is 1. The highest BCUT2D eigenvalue weighted by Crippen LogP contribution is 2.30. The molecule has 1 aromatic heterocycles. The van der Waals surface area contributed by atoms with Gasteiger partial charge in [0.05, 0.1) is 11.0 Å². The fourth-order valence-electron chi connectivity index (χ4n) is 3.02. The zero-order chi connectivity index (χ0) is 14.2. The summed E-state index contributed by atoms with van der Waals surface area (Å²) in [4.78, 5) is 4.79. The van der Waals surface area contributed by atoms with E-state index in [2.05, 4.69) is 36.4 Å². The zero-order valence-corrected chi connectivity index (χ0v) is 11.6. The summed E-state index contributed by atoms with van der Waals surface area (Å²) < 4.78 is 0. The van der Waals surface area contributed by atoms with Gasteiger partial charge < -0.3 is 5.11 Å². The minimum absolute atomic E-state index is 0.156. The second-order valence-corrected chi connectivity index (χ2v) is 5.30. The minimum Gasteiger partial charge on any atom is -0.396 e. The van der Waals surface area contributed by atoms with E-state index in [9.17, 15) is 5.11 Å². The molecule has 4 rings (SSSR count). The molecule has 0 spiro atoms. The third-order valence-electron chi connectivity index (χ3n) is 4.01. The van der Waals surface area contributed by atoms with Gasteiger partial charge in [-0.1, -0.05) is 42.5 Å². The summed E-state index contributed by atoms with van der Waals surface area (Å²) in [6.07, 6.45) is 0.658. The van der Waals surface area contributed by atoms with E-state index in [1.165, 1.54) is 16.2 Å². The van der Waals surface area contributed by atoms with Crippen LogP contribution in [0.25, 0.3) is 32.6 Å². The van der Waals surface area contributed by atoms with Gasteiger partial charge in [0.1, 0.15) is 0 Å². The quantitative estimate of drug-likeness (QED) is 0.441. The first-order chi connectivity index (χ1) is 10.4. The van der Waals surface area contributed by atoms with Crippen molar-refractivity contribution in [3.63, 3.8) is 0 Å². The monoisotopic (exact) mass is 273 g/mol. The van der Waals surface area contributed by atoms with Gasteiger partial charge in [-0.25, -0.2) is 4.98 Å². The molecule has 4 aromatic rings. The highest BCUT2D eigenvalue weighted by Gasteiger charge is 2.08. The van der Waals surface area contributed by atoms with Crippen LogP contribution in [-0.2, 0) is 6.42 Å². The number of aliphatic hydroxyl groups is 1. The smallest absolute Gasteiger partial charge is 0.0718 e. The number of rotatable bonds is 2. The first kappa shape index (κ1) is 12.3. The van der Waals surface area contributed by atoms with E-state index in [4.69, 9.17) is 4.98 Å². The van der Waals surface area contributed by atoms with E-state index >= 15 is 0 Å². The van der Waals surface area contributed by atoms with Crippen molar-refractivity contribution in [1.82, 2.24) is 4.98 Å². The molecule has 0 radical (unpaired) electrons. The molecule has 0 atom stereocenters. The van der Waals surface area contributed by atoms with Gasteiger partial charge in [0.15, 0.2) is 0 Å². The lowest BCUT2D eigenvalue weighted by atomic mass is 9.97. The summed E-state index contributed by atoms with van der Waals surface area (Å²) in [7, 11) is 0. The first-order valence-electron chi connectivity index (χ1n) is 7.18. The number of aliphatic hydroxyl groups excluding tert-OH is 1. The molecule has 0 aliphatic heterocycles. The van der Waals surface area contributed by atoms with Gasteiger partial charge in [-0.15, -0.1) is 0 Å². The molecule has 0 saturated carbocycles. The van der Waals surface area contributed by atoms with Crippen LogP contribution in [0.5, 0.6) is 0 Å². The molecule has 0 fully saturated rings. The maximum Gasteiger partial charge on any atom is 0.0718 e. The lowest BCUT2D eigenvalue weighted by molar-refractivity contribution is 0.300. The SMILES string of the molecule is OCCc1cc2nc3ccccc3cc2c2ccccc12. The number of hydrogen-bond acceptors (Lipinski definition) is 2. The number of para-hydroxylation sites is 1. The molecule has 2 heteroatoms. The number of benzene rings is 3. The van der Waals surface area contributed by atoms with Crippen LogP contribution in [0.2, 0.25) is 0 Å². The van der Waals surface area contributed by atoms with Crippen molar-refractivity contribution in [2.75, 3.05) is 6.61 Å². The van der Waals surface area contributed by atoms with Crippen LogP contribution < -0.4 is 0 Å². The van der Waals surface area contributed by atoms with Crippen LogP contribution in [-0.4, -0.2) is 16.7 Å². The predicted octanol–water partition coefficient (Wildman–Crippen LogP) is 4.08. The van der Waals surface area contributed by atoms with Crippen LogP contribution in [0.4, 0.5) is 0 Å². The number of fused-ring (bicyclic) bond motifs is 4. The molecule has 2 nitrogen and oxygen atoms in total. The molecule has 0 bridgehead atoms. The third kappa shape index (κ3) is 1.96. The fourth-order valence-corrected chi connectivity index (χ4v) is 3.02. The third-order valence-corrected chi connectivity index (χ3v) is 4.01. The van der Waals surface area contributed by atoms with Crippen molar-refractivity contribution in [2.45, 2.75) is 6.42 Å². The Morgan fingerprint density at radius 3 is 2.38 bits per heavy atom. The average Bonchev–Trinajstić information content (AvgIpc) is 2.54. The highest BCUT2D eigenvalue weighted by molar-refractivity contribution is 6.10. The van der Waals surface area contributed by atoms with Crippen molar-refractivity contribution in [3.05, 3.63) is 66.2 Å². The lowest BCUT2D eigenvalue weighted by Crippen LogP contribution is -1.94. The fraction of sp³-hybridized carbons (Fsp3) is 0.105. The highest BCUT2D eigenvalue weighted by atomic mass is 16.2. The van der Waals surface area contributed by atoms with E-state index in [0.29, 0.717) is 6.42 Å². The molecule has 0 amide bonds. The van der Waals surface area contributed by atoms with E-state index in [0.717, 1.165) is 22.0 Å². The summed E-state index contributed by atoms with van der Waals surface area (Å²) in [5.41, 5.74) is 3.16. The molecular formula is C19H15NO. The van der Waals surface area contributed by atoms with Crippen molar-refractivity contribution in [3.8, 4) is 0 Å². The van der Waals surface area contributed by atoms with E-state index in [1.54, 1.807) is 0 Å². The summed E-state index contributed by atoms with van der Waals surface area (Å²) in [5.74, 6) is 0. The summed E-state index contributed by atoms with van der Waals surface area (Å²) in [6, 6.07) is 20.9. The predicted molar refractivity (Wildman–Crippen MR) is 87.5 cm³/mol. The summed E-state index contributed by atoms with van der Waals surface area (Å²) in [6.45, 7) is 0.156. The van der Waals surface area contributed by atoms with Crippen LogP contribution >= 0.6 is 0 Å². The maximum atomic E-state index is 9.30. The Labute approximate surface area is 122 Å². The van der Waals surface area contributed by atoms with Crippen molar-refractivity contribution < 1.29 is 5.11 Å². The molecule has 102 valence electrons. The van der Waals surface area contributed by atoms with Gasteiger partial charge in [-0.05, 0) is 41.0 Å². The zero-order valence-electron chi connectivity index (χ0n) is 11.6. The largest absolute Gasteiger partial charge is 0.396 e. The molecule has 0 aliphatic carbocycles. The second-order valence-electron chi connectivity index (χ2n) is 5.30. The Morgan fingerprint density at radius 2 is 1.52 bits per heavy atom. The summed E-state index contributed by atoms with van der Waals surface area (Å²) >= 11 is 0. The van der Waals surface area contributed by atoms with E-state index in [-0.39, 0.29) is 6.61 Å². The van der Waals surface area contributed by atoms with E-state index in [1.807, 2.05) is 24.3 Å². The molecule has 1 heterocycles. The molecule has 0 saturated heterocycles. The van der Waals surface area contributed by atoms with Crippen LogP contribution in [0.1, 0.15) is 5.56 Å². The molecule has 21 heavy (non-hydrogen) atoms. The number of hydrogen-bond donors (Lipinski definition) is 1. The minimum atomic E-state index is 0.156. The number of nitrogens with zero attached hydrogens (tertiary/aromatic N) is 1. The number of pyridine rings is 1. The summed E-state index contributed by atoms with van der Waals surface area (Å²) in [5, 5.41) is 14.0. The van der Waals surface area contributed by atoms with Crippen LogP contribution in [0.15, 0.2) is 60.7 Å². The van der Waals surface area contributed by atoms with Gasteiger partial charge in [0, 0.05) is 17.4 Å². The average molecular weight is 273 g/mol. The van der Waals surface area contributed by atoms with E-state index < -0.39 is 0 Å². The van der Waals surface area contributed by atoms with Gasteiger partial charge in [0.2, 0.25) is 0 Å². The molecule has 0 aliphatic rings. The van der Waals surface area contributed by atoms with Gasteiger partial charge in [0.25, 0.3) is 0 Å². The topological polar surface area (TPSA) is 33.1 Å². The first-order valence-corrected chi connectivity index (χ1v) is 7.18. The van der Waals surface area contributed by atoms with Crippen molar-refractivity contribution >= 4 is 32.6 Å². The molecule has 1 N–H and O–H groups in total. The Bertz CT molecular complexity index is 959. The van der Waals surface area contributed by atoms with Crippen LogP contribution in [0.3, 0.4) is 0 Å². The van der Waals surface area contributed by atoms with Crippen molar-refractivity contribution in [2.24, 2.45) is 0 Å². The van der Waals surface area contributed by atoms with Gasteiger partial charge in [-0.3, -0.25) is 0 Å². The molecule has 0 unspecified atom stereocenters.